The van der Waals surface area contributed by atoms with E-state index in [1.54, 1.807) is 6.20 Å². The van der Waals surface area contributed by atoms with E-state index in [-0.39, 0.29) is 11.3 Å². The minimum Gasteiger partial charge on any atom is -0.336 e. The second kappa shape index (κ2) is 8.49. The number of nitrogens with zero attached hydrogens (tertiary/aromatic N) is 5. The smallest absolute Gasteiger partial charge is 0.222 e. The standard InChI is InChI=1S/C23H31N5O/c1-3-12-28-19(2)20(15-25-28)16-26-13-9-23(10-14-26)8-7-22(29)27(18-23)17-21-6-4-5-11-24-21/h3-6,11,15H,1,7-10,12-14,16-18H2,2H3. The lowest BCUT2D eigenvalue weighted by Gasteiger charge is -2.47. The molecule has 2 aromatic rings. The quantitative estimate of drug-likeness (QED) is 0.708. The van der Waals surface area contributed by atoms with E-state index in [1.165, 1.54) is 11.3 Å². The van der Waals surface area contributed by atoms with Crippen molar-refractivity contribution in [3.63, 3.8) is 0 Å². The molecule has 0 bridgehead atoms. The van der Waals surface area contributed by atoms with Gasteiger partial charge in [-0.05, 0) is 56.8 Å². The zero-order valence-electron chi connectivity index (χ0n) is 17.4. The Hall–Kier alpha value is -2.47. The van der Waals surface area contributed by atoms with Crippen molar-refractivity contribution in [3.8, 4) is 0 Å². The van der Waals surface area contributed by atoms with Crippen LogP contribution in [0.3, 0.4) is 0 Å². The summed E-state index contributed by atoms with van der Waals surface area (Å²) in [6.45, 7) is 11.3. The summed E-state index contributed by atoms with van der Waals surface area (Å²) in [4.78, 5) is 21.5. The van der Waals surface area contributed by atoms with E-state index in [4.69, 9.17) is 0 Å². The fourth-order valence-corrected chi connectivity index (χ4v) is 4.71. The summed E-state index contributed by atoms with van der Waals surface area (Å²) in [7, 11) is 0. The third kappa shape index (κ3) is 4.42. The average Bonchev–Trinajstić information content (AvgIpc) is 3.07. The van der Waals surface area contributed by atoms with E-state index in [2.05, 4.69) is 28.5 Å². The van der Waals surface area contributed by atoms with Gasteiger partial charge in [0.25, 0.3) is 0 Å². The van der Waals surface area contributed by atoms with Gasteiger partial charge in [0.15, 0.2) is 0 Å². The van der Waals surface area contributed by atoms with Crippen LogP contribution >= 0.6 is 0 Å². The molecule has 1 amide bonds. The third-order valence-corrected chi connectivity index (χ3v) is 6.64. The van der Waals surface area contributed by atoms with Crippen molar-refractivity contribution in [3.05, 3.63) is 60.2 Å². The van der Waals surface area contributed by atoms with Crippen LogP contribution in [-0.2, 0) is 24.4 Å². The van der Waals surface area contributed by atoms with Crippen molar-refractivity contribution in [2.45, 2.75) is 52.2 Å². The highest BCUT2D eigenvalue weighted by Crippen LogP contribution is 2.40. The van der Waals surface area contributed by atoms with Crippen LogP contribution in [0, 0.1) is 12.3 Å². The van der Waals surface area contributed by atoms with Gasteiger partial charge >= 0.3 is 0 Å². The Balaban J connectivity index is 1.35. The van der Waals surface area contributed by atoms with Crippen LogP contribution in [0.25, 0.3) is 0 Å². The van der Waals surface area contributed by atoms with E-state index < -0.39 is 0 Å². The van der Waals surface area contributed by atoms with Crippen molar-refractivity contribution in [1.29, 1.82) is 0 Å². The van der Waals surface area contributed by atoms with Gasteiger partial charge in [-0.3, -0.25) is 19.4 Å². The molecular formula is C23H31N5O. The molecule has 0 aromatic carbocycles. The molecule has 2 saturated heterocycles. The van der Waals surface area contributed by atoms with Crippen LogP contribution in [0.2, 0.25) is 0 Å². The van der Waals surface area contributed by atoms with Crippen molar-refractivity contribution in [1.82, 2.24) is 24.6 Å². The number of hydrogen-bond acceptors (Lipinski definition) is 4. The van der Waals surface area contributed by atoms with Gasteiger partial charge in [-0.25, -0.2) is 0 Å². The normalized spacial score (nSPS) is 19.6. The molecule has 0 unspecified atom stereocenters. The Bertz CT molecular complexity index is 851. The minimum atomic E-state index is 0.265. The lowest BCUT2D eigenvalue weighted by molar-refractivity contribution is -0.140. The Morgan fingerprint density at radius 2 is 2.03 bits per heavy atom. The topological polar surface area (TPSA) is 54.3 Å². The van der Waals surface area contributed by atoms with Crippen molar-refractivity contribution >= 4 is 5.91 Å². The van der Waals surface area contributed by atoms with Gasteiger partial charge in [-0.2, -0.15) is 5.10 Å². The molecule has 0 aliphatic carbocycles. The molecule has 0 radical (unpaired) electrons. The van der Waals surface area contributed by atoms with Gasteiger partial charge in [0.2, 0.25) is 5.91 Å². The van der Waals surface area contributed by atoms with Crippen molar-refractivity contribution < 1.29 is 4.79 Å². The molecule has 1 spiro atoms. The average molecular weight is 394 g/mol. The number of aromatic nitrogens is 3. The lowest BCUT2D eigenvalue weighted by atomic mass is 9.72. The molecule has 4 heterocycles. The number of rotatable bonds is 6. The first kappa shape index (κ1) is 19.8. The molecule has 2 fully saturated rings. The van der Waals surface area contributed by atoms with Gasteiger partial charge in [0.05, 0.1) is 25.0 Å². The highest BCUT2D eigenvalue weighted by Gasteiger charge is 2.41. The first-order valence-corrected chi connectivity index (χ1v) is 10.6. The summed E-state index contributed by atoms with van der Waals surface area (Å²) >= 11 is 0. The van der Waals surface area contributed by atoms with Crippen LogP contribution in [0.15, 0.2) is 43.2 Å². The van der Waals surface area contributed by atoms with Gasteiger partial charge in [-0.1, -0.05) is 12.1 Å². The predicted molar refractivity (Wildman–Crippen MR) is 113 cm³/mol. The number of likely N-dealkylation sites (tertiary alicyclic amines) is 2. The molecule has 2 aliphatic rings. The first-order chi connectivity index (χ1) is 14.1. The summed E-state index contributed by atoms with van der Waals surface area (Å²) in [5, 5.41) is 4.48. The number of amides is 1. The summed E-state index contributed by atoms with van der Waals surface area (Å²) in [6, 6.07) is 5.91. The van der Waals surface area contributed by atoms with Crippen LogP contribution in [-0.4, -0.2) is 50.1 Å². The Morgan fingerprint density at radius 1 is 1.21 bits per heavy atom. The molecule has 6 heteroatoms. The summed E-state index contributed by atoms with van der Waals surface area (Å²) in [5.74, 6) is 0.272. The fraction of sp³-hybridized carbons (Fsp3) is 0.522. The zero-order chi connectivity index (χ0) is 20.3. The molecular weight excluding hydrogens is 362 g/mol. The second-order valence-corrected chi connectivity index (χ2v) is 8.57. The number of piperidine rings is 2. The number of allylic oxidation sites excluding steroid dienone is 1. The summed E-state index contributed by atoms with van der Waals surface area (Å²) in [6.07, 6.45) is 9.68. The van der Waals surface area contributed by atoms with Crippen LogP contribution in [0.4, 0.5) is 0 Å². The largest absolute Gasteiger partial charge is 0.336 e. The van der Waals surface area contributed by atoms with E-state index in [9.17, 15) is 4.79 Å². The number of carbonyl (C=O) groups excluding carboxylic acids is 1. The second-order valence-electron chi connectivity index (χ2n) is 8.57. The van der Waals surface area contributed by atoms with Gasteiger partial charge < -0.3 is 4.90 Å². The SMILES string of the molecule is C=CCn1ncc(CN2CCC3(CCC(=O)N(Cc4ccccn4)C3)CC2)c1C. The minimum absolute atomic E-state index is 0.265. The van der Waals surface area contributed by atoms with Crippen molar-refractivity contribution in [2.24, 2.45) is 5.41 Å². The van der Waals surface area contributed by atoms with Crippen LogP contribution < -0.4 is 0 Å². The maximum Gasteiger partial charge on any atom is 0.222 e. The predicted octanol–water partition coefficient (Wildman–Crippen LogP) is 3.18. The van der Waals surface area contributed by atoms with E-state index in [0.29, 0.717) is 13.0 Å². The first-order valence-electron chi connectivity index (χ1n) is 10.6. The highest BCUT2D eigenvalue weighted by molar-refractivity contribution is 5.77. The van der Waals surface area contributed by atoms with Gasteiger partial charge in [0, 0.05) is 37.0 Å². The molecule has 2 aliphatic heterocycles. The van der Waals surface area contributed by atoms with Gasteiger partial charge in [0.1, 0.15) is 0 Å². The highest BCUT2D eigenvalue weighted by atomic mass is 16.2. The molecule has 0 N–H and O–H groups in total. The Morgan fingerprint density at radius 3 is 2.76 bits per heavy atom. The molecule has 0 saturated carbocycles. The van der Waals surface area contributed by atoms with E-state index in [0.717, 1.165) is 57.7 Å². The van der Waals surface area contributed by atoms with Gasteiger partial charge in [-0.15, -0.1) is 6.58 Å². The molecule has 6 nitrogen and oxygen atoms in total. The van der Waals surface area contributed by atoms with Crippen LogP contribution in [0.5, 0.6) is 0 Å². The molecule has 2 aromatic heterocycles. The zero-order valence-corrected chi connectivity index (χ0v) is 17.4. The molecule has 154 valence electrons. The maximum absolute atomic E-state index is 12.5. The fourth-order valence-electron chi connectivity index (χ4n) is 4.71. The van der Waals surface area contributed by atoms with Crippen LogP contribution in [0.1, 0.15) is 42.6 Å². The molecule has 29 heavy (non-hydrogen) atoms. The summed E-state index contributed by atoms with van der Waals surface area (Å²) in [5.41, 5.74) is 3.78. The summed E-state index contributed by atoms with van der Waals surface area (Å²) < 4.78 is 2.01. The number of carbonyl (C=O) groups is 1. The van der Waals surface area contributed by atoms with Crippen molar-refractivity contribution in [2.75, 3.05) is 19.6 Å². The van der Waals surface area contributed by atoms with E-state index >= 15 is 0 Å². The Kier molecular flexibility index (Phi) is 5.81. The number of pyridine rings is 1. The maximum atomic E-state index is 12.5. The monoisotopic (exact) mass is 393 g/mol. The molecule has 4 rings (SSSR count). The lowest BCUT2D eigenvalue weighted by Crippen LogP contribution is -2.51. The third-order valence-electron chi connectivity index (χ3n) is 6.64. The number of hydrogen-bond donors (Lipinski definition) is 0. The molecule has 0 atom stereocenters. The Labute approximate surface area is 173 Å². The van der Waals surface area contributed by atoms with E-state index in [1.807, 2.05) is 40.1 Å².